The van der Waals surface area contributed by atoms with Crippen LogP contribution < -0.4 is 5.32 Å². The lowest BCUT2D eigenvalue weighted by molar-refractivity contribution is 0.0833. The second-order valence-electron chi connectivity index (χ2n) is 5.03. The highest BCUT2D eigenvalue weighted by atomic mass is 15.2. The van der Waals surface area contributed by atoms with E-state index >= 15 is 0 Å². The van der Waals surface area contributed by atoms with Gasteiger partial charge in [-0.25, -0.2) is 0 Å². The number of nitrogens with zero attached hydrogens (tertiary/aromatic N) is 1. The number of nitrogens with one attached hydrogen (secondary N) is 1. The van der Waals surface area contributed by atoms with Crippen molar-refractivity contribution < 1.29 is 0 Å². The molecule has 0 spiro atoms. The Morgan fingerprint density at radius 3 is 2.27 bits per heavy atom. The number of hydrogen-bond donors (Lipinski definition) is 1. The zero-order valence-electron chi connectivity index (χ0n) is 11.0. The first-order valence-electron chi connectivity index (χ1n) is 6.61. The van der Waals surface area contributed by atoms with Crippen molar-refractivity contribution in [2.45, 2.75) is 64.5 Å². The molecular weight excluding hydrogens is 184 g/mol. The van der Waals surface area contributed by atoms with Gasteiger partial charge in [-0.05, 0) is 52.7 Å². The van der Waals surface area contributed by atoms with E-state index in [4.69, 9.17) is 0 Å². The highest BCUT2D eigenvalue weighted by molar-refractivity contribution is 4.97. The summed E-state index contributed by atoms with van der Waals surface area (Å²) in [5.41, 5.74) is 0.362. The molecule has 90 valence electrons. The Hall–Kier alpha value is -0.0800. The molecule has 1 fully saturated rings. The van der Waals surface area contributed by atoms with Crippen LogP contribution in [-0.2, 0) is 0 Å². The van der Waals surface area contributed by atoms with Crippen LogP contribution >= 0.6 is 0 Å². The molecule has 1 N–H and O–H groups in total. The third-order valence-corrected chi connectivity index (χ3v) is 4.22. The fourth-order valence-electron chi connectivity index (χ4n) is 2.97. The maximum absolute atomic E-state index is 3.53. The quantitative estimate of drug-likeness (QED) is 0.728. The first-order valence-corrected chi connectivity index (χ1v) is 6.61. The third kappa shape index (κ3) is 2.73. The molecule has 0 aromatic carbocycles. The summed E-state index contributed by atoms with van der Waals surface area (Å²) in [6.07, 6.45) is 6.58. The molecule has 2 atom stereocenters. The lowest BCUT2D eigenvalue weighted by Gasteiger charge is -2.44. The molecule has 2 heteroatoms. The Kier molecular flexibility index (Phi) is 5.07. The van der Waals surface area contributed by atoms with E-state index < -0.39 is 0 Å². The van der Waals surface area contributed by atoms with Gasteiger partial charge in [0.05, 0.1) is 0 Å². The van der Waals surface area contributed by atoms with Crippen LogP contribution in [0.3, 0.4) is 0 Å². The Morgan fingerprint density at radius 2 is 1.87 bits per heavy atom. The molecule has 1 aliphatic rings. The summed E-state index contributed by atoms with van der Waals surface area (Å²) < 4.78 is 0. The van der Waals surface area contributed by atoms with Gasteiger partial charge in [-0.2, -0.15) is 0 Å². The third-order valence-electron chi connectivity index (χ3n) is 4.22. The van der Waals surface area contributed by atoms with Crippen LogP contribution in [0.5, 0.6) is 0 Å². The summed E-state index contributed by atoms with van der Waals surface area (Å²) in [5, 5.41) is 3.53. The summed E-state index contributed by atoms with van der Waals surface area (Å²) in [7, 11) is 2.12. The lowest BCUT2D eigenvalue weighted by Crippen LogP contribution is -2.57. The van der Waals surface area contributed by atoms with E-state index in [1.807, 2.05) is 0 Å². The molecule has 0 radical (unpaired) electrons. The monoisotopic (exact) mass is 212 g/mol. The smallest absolute Gasteiger partial charge is 0.0331 e. The van der Waals surface area contributed by atoms with Crippen molar-refractivity contribution in [3.8, 4) is 0 Å². The molecule has 0 aromatic rings. The number of hydrogen-bond acceptors (Lipinski definition) is 2. The van der Waals surface area contributed by atoms with Crippen LogP contribution in [0.25, 0.3) is 0 Å². The Morgan fingerprint density at radius 1 is 1.27 bits per heavy atom. The maximum Gasteiger partial charge on any atom is 0.0331 e. The minimum Gasteiger partial charge on any atom is -0.315 e. The molecular formula is C13H28N2. The molecule has 0 amide bonds. The van der Waals surface area contributed by atoms with Crippen LogP contribution in [-0.4, -0.2) is 36.6 Å². The average molecular weight is 212 g/mol. The van der Waals surface area contributed by atoms with Gasteiger partial charge in [0.15, 0.2) is 0 Å². The largest absolute Gasteiger partial charge is 0.315 e. The fourth-order valence-corrected chi connectivity index (χ4v) is 2.97. The van der Waals surface area contributed by atoms with Crippen molar-refractivity contribution in [3.63, 3.8) is 0 Å². The normalized spacial score (nSPS) is 24.0. The predicted molar refractivity (Wildman–Crippen MR) is 67.3 cm³/mol. The summed E-state index contributed by atoms with van der Waals surface area (Å²) in [4.78, 5) is 2.70. The maximum atomic E-state index is 3.53. The van der Waals surface area contributed by atoms with E-state index in [2.05, 4.69) is 38.0 Å². The van der Waals surface area contributed by atoms with E-state index in [0.29, 0.717) is 11.6 Å². The molecule has 0 bridgehead atoms. The molecule has 1 rings (SSSR count). The minimum atomic E-state index is 0.362. The summed E-state index contributed by atoms with van der Waals surface area (Å²) in [6.45, 7) is 9.65. The highest BCUT2D eigenvalue weighted by Gasteiger charge is 2.37. The zero-order valence-corrected chi connectivity index (χ0v) is 11.0. The number of rotatable bonds is 6. The van der Waals surface area contributed by atoms with Crippen LogP contribution in [0, 0.1) is 0 Å². The van der Waals surface area contributed by atoms with E-state index in [1.54, 1.807) is 0 Å². The molecule has 1 heterocycles. The van der Waals surface area contributed by atoms with E-state index in [9.17, 15) is 0 Å². The molecule has 1 aliphatic heterocycles. The number of likely N-dealkylation sites (tertiary alicyclic amines) is 1. The Bertz CT molecular complexity index is 175. The molecule has 2 nitrogen and oxygen atoms in total. The summed E-state index contributed by atoms with van der Waals surface area (Å²) in [6, 6.07) is 0.644. The van der Waals surface area contributed by atoms with Crippen LogP contribution in [0.4, 0.5) is 0 Å². The van der Waals surface area contributed by atoms with Gasteiger partial charge in [0.2, 0.25) is 0 Å². The molecule has 0 aliphatic carbocycles. The lowest BCUT2D eigenvalue weighted by atomic mass is 9.85. The average Bonchev–Trinajstić information content (AvgIpc) is 2.78. The van der Waals surface area contributed by atoms with Crippen LogP contribution in [0.2, 0.25) is 0 Å². The standard InChI is InChI=1S/C13H28N2/c1-5-9-12(14-4)13(3,6-2)15-10-7-8-11-15/h12,14H,5-11H2,1-4H3. The SMILES string of the molecule is CCCC(NC)C(C)(CC)N1CCCC1. The van der Waals surface area contributed by atoms with Gasteiger partial charge in [-0.3, -0.25) is 4.90 Å². The minimum absolute atomic E-state index is 0.362. The van der Waals surface area contributed by atoms with Crippen molar-refractivity contribution in [1.82, 2.24) is 10.2 Å². The van der Waals surface area contributed by atoms with Crippen molar-refractivity contribution in [2.24, 2.45) is 0 Å². The Labute approximate surface area is 95.4 Å². The van der Waals surface area contributed by atoms with E-state index in [0.717, 1.165) is 0 Å². The molecule has 2 unspecified atom stereocenters. The van der Waals surface area contributed by atoms with Crippen molar-refractivity contribution in [1.29, 1.82) is 0 Å². The zero-order chi connectivity index (χ0) is 11.3. The van der Waals surface area contributed by atoms with Crippen LogP contribution in [0.1, 0.15) is 52.9 Å². The summed E-state index contributed by atoms with van der Waals surface area (Å²) >= 11 is 0. The fraction of sp³-hybridized carbons (Fsp3) is 1.00. The van der Waals surface area contributed by atoms with Gasteiger partial charge in [-0.1, -0.05) is 20.3 Å². The second kappa shape index (κ2) is 5.86. The molecule has 0 saturated carbocycles. The van der Waals surface area contributed by atoms with Gasteiger partial charge >= 0.3 is 0 Å². The van der Waals surface area contributed by atoms with Gasteiger partial charge in [0.25, 0.3) is 0 Å². The van der Waals surface area contributed by atoms with Crippen molar-refractivity contribution >= 4 is 0 Å². The molecule has 15 heavy (non-hydrogen) atoms. The van der Waals surface area contributed by atoms with Gasteiger partial charge < -0.3 is 5.32 Å². The first kappa shape index (κ1) is 13.0. The highest BCUT2D eigenvalue weighted by Crippen LogP contribution is 2.29. The topological polar surface area (TPSA) is 15.3 Å². The predicted octanol–water partition coefficient (Wildman–Crippen LogP) is 2.64. The van der Waals surface area contributed by atoms with Gasteiger partial charge in [0, 0.05) is 11.6 Å². The van der Waals surface area contributed by atoms with Crippen molar-refractivity contribution in [2.75, 3.05) is 20.1 Å². The summed E-state index contributed by atoms with van der Waals surface area (Å²) in [5.74, 6) is 0. The van der Waals surface area contributed by atoms with Crippen LogP contribution in [0.15, 0.2) is 0 Å². The molecule has 1 saturated heterocycles. The first-order chi connectivity index (χ1) is 7.19. The molecule has 0 aromatic heterocycles. The van der Waals surface area contributed by atoms with Gasteiger partial charge in [0.1, 0.15) is 0 Å². The van der Waals surface area contributed by atoms with Gasteiger partial charge in [-0.15, -0.1) is 0 Å². The number of likely N-dealkylation sites (N-methyl/N-ethyl adjacent to an activating group) is 1. The van der Waals surface area contributed by atoms with Crippen molar-refractivity contribution in [3.05, 3.63) is 0 Å². The van der Waals surface area contributed by atoms with E-state index in [-0.39, 0.29) is 0 Å². The Balaban J connectivity index is 2.70. The second-order valence-corrected chi connectivity index (χ2v) is 5.03. The van der Waals surface area contributed by atoms with E-state index in [1.165, 1.54) is 45.2 Å².